The van der Waals surface area contributed by atoms with Crippen LogP contribution in [-0.2, 0) is 4.74 Å². The lowest BCUT2D eigenvalue weighted by atomic mass is 10.4. The molecule has 0 bridgehead atoms. The van der Waals surface area contributed by atoms with Crippen molar-refractivity contribution in [3.63, 3.8) is 0 Å². The van der Waals surface area contributed by atoms with Crippen molar-refractivity contribution in [2.24, 2.45) is 15.2 Å². The molecule has 1 aliphatic heterocycles. The Labute approximate surface area is 90.5 Å². The Morgan fingerprint density at radius 3 is 2.47 bits per heavy atom. The average molecular weight is 210 g/mol. The van der Waals surface area contributed by atoms with Crippen LogP contribution in [0.15, 0.2) is 15.2 Å². The molecular weight excluding hydrogens is 192 g/mol. The quantitative estimate of drug-likeness (QED) is 0.686. The molecule has 0 radical (unpaired) electrons. The highest BCUT2D eigenvalue weighted by Gasteiger charge is 2.17. The van der Waals surface area contributed by atoms with Crippen LogP contribution in [-0.4, -0.2) is 49.1 Å². The third-order valence-electron chi connectivity index (χ3n) is 2.22. The highest BCUT2D eigenvalue weighted by Crippen LogP contribution is 2.01. The fourth-order valence-corrected chi connectivity index (χ4v) is 1.35. The second kappa shape index (κ2) is 5.48. The smallest absolute Gasteiger partial charge is 0.276 e. The molecule has 0 aromatic carbocycles. The molecular formula is C10H18N4O. The van der Waals surface area contributed by atoms with Gasteiger partial charge in [-0.05, 0) is 20.8 Å². The van der Waals surface area contributed by atoms with Gasteiger partial charge in [0.15, 0.2) is 5.84 Å². The van der Waals surface area contributed by atoms with E-state index >= 15 is 0 Å². The van der Waals surface area contributed by atoms with Crippen molar-refractivity contribution in [2.45, 2.75) is 20.8 Å². The number of amidine groups is 1. The van der Waals surface area contributed by atoms with Gasteiger partial charge in [0.25, 0.3) is 5.90 Å². The molecule has 5 nitrogen and oxygen atoms in total. The molecule has 0 unspecified atom stereocenters. The topological polar surface area (TPSA) is 49.5 Å². The van der Waals surface area contributed by atoms with E-state index < -0.39 is 0 Å². The fourth-order valence-electron chi connectivity index (χ4n) is 1.35. The zero-order chi connectivity index (χ0) is 11.3. The van der Waals surface area contributed by atoms with E-state index in [9.17, 15) is 0 Å². The van der Waals surface area contributed by atoms with Gasteiger partial charge in [-0.25, -0.2) is 0 Å². The van der Waals surface area contributed by atoms with Crippen LogP contribution in [0.4, 0.5) is 0 Å². The number of methoxy groups -OCH3 is 1. The first kappa shape index (κ1) is 11.7. The molecule has 0 spiro atoms. The summed E-state index contributed by atoms with van der Waals surface area (Å²) in [7, 11) is 1.59. The Balaban J connectivity index is 2.96. The molecule has 84 valence electrons. The molecule has 0 aliphatic carbocycles. The van der Waals surface area contributed by atoms with E-state index in [1.165, 1.54) is 0 Å². The van der Waals surface area contributed by atoms with E-state index in [1.807, 2.05) is 6.92 Å². The molecule has 0 atom stereocenters. The third-order valence-corrected chi connectivity index (χ3v) is 2.22. The second-order valence-electron chi connectivity index (χ2n) is 3.26. The van der Waals surface area contributed by atoms with E-state index in [1.54, 1.807) is 7.11 Å². The van der Waals surface area contributed by atoms with Crippen molar-refractivity contribution in [3.8, 4) is 0 Å². The third kappa shape index (κ3) is 2.78. The van der Waals surface area contributed by atoms with Crippen LogP contribution in [0.1, 0.15) is 20.8 Å². The summed E-state index contributed by atoms with van der Waals surface area (Å²) in [5, 5.41) is 8.05. The lowest BCUT2D eigenvalue weighted by Crippen LogP contribution is -2.37. The number of aliphatic imine (C=N–C) groups is 1. The summed E-state index contributed by atoms with van der Waals surface area (Å²) in [6.45, 7) is 8.43. The SMILES string of the molecule is CCN(CC)C1=NCC(C)=NN=C1OC. The lowest BCUT2D eigenvalue weighted by molar-refractivity contribution is 0.392. The molecule has 1 rings (SSSR count). The predicted octanol–water partition coefficient (Wildman–Crippen LogP) is 1.16. The van der Waals surface area contributed by atoms with Crippen molar-refractivity contribution >= 4 is 17.4 Å². The van der Waals surface area contributed by atoms with E-state index in [0.29, 0.717) is 12.4 Å². The number of rotatable bonds is 2. The van der Waals surface area contributed by atoms with Crippen LogP contribution in [0.25, 0.3) is 0 Å². The van der Waals surface area contributed by atoms with Gasteiger partial charge in [0.1, 0.15) is 0 Å². The Kier molecular flexibility index (Phi) is 4.27. The number of ether oxygens (including phenoxy) is 1. The molecule has 5 heteroatoms. The van der Waals surface area contributed by atoms with Crippen molar-refractivity contribution in [1.82, 2.24) is 4.90 Å². The standard InChI is InChI=1S/C10H18N4O/c1-5-14(6-2)9-10(15-4)13-12-8(3)7-11-9/h5-7H2,1-4H3. The van der Waals surface area contributed by atoms with Crippen LogP contribution in [0.2, 0.25) is 0 Å². The van der Waals surface area contributed by atoms with Gasteiger partial charge in [-0.1, -0.05) is 0 Å². The molecule has 1 aliphatic rings. The Morgan fingerprint density at radius 2 is 1.93 bits per heavy atom. The van der Waals surface area contributed by atoms with Gasteiger partial charge in [0.2, 0.25) is 0 Å². The maximum Gasteiger partial charge on any atom is 0.276 e. The second-order valence-corrected chi connectivity index (χ2v) is 3.26. The monoisotopic (exact) mass is 210 g/mol. The fraction of sp³-hybridized carbons (Fsp3) is 0.700. The Morgan fingerprint density at radius 1 is 1.27 bits per heavy atom. The van der Waals surface area contributed by atoms with E-state index in [4.69, 9.17) is 4.74 Å². The Bertz CT molecular complexity index is 303. The number of hydrogen-bond donors (Lipinski definition) is 0. The first-order valence-corrected chi connectivity index (χ1v) is 5.17. The first-order chi connectivity index (χ1) is 7.22. The van der Waals surface area contributed by atoms with Crippen LogP contribution in [0.5, 0.6) is 0 Å². The zero-order valence-electron chi connectivity index (χ0n) is 9.82. The van der Waals surface area contributed by atoms with Crippen molar-refractivity contribution in [1.29, 1.82) is 0 Å². The van der Waals surface area contributed by atoms with Crippen LogP contribution < -0.4 is 0 Å². The lowest BCUT2D eigenvalue weighted by Gasteiger charge is -2.22. The number of hydrogen-bond acceptors (Lipinski definition) is 5. The minimum Gasteiger partial charge on any atom is -0.477 e. The molecule has 0 N–H and O–H groups in total. The van der Waals surface area contributed by atoms with Gasteiger partial charge >= 0.3 is 0 Å². The highest BCUT2D eigenvalue weighted by atomic mass is 16.5. The minimum atomic E-state index is 0.496. The van der Waals surface area contributed by atoms with Crippen LogP contribution >= 0.6 is 0 Å². The minimum absolute atomic E-state index is 0.496. The van der Waals surface area contributed by atoms with Crippen LogP contribution in [0.3, 0.4) is 0 Å². The van der Waals surface area contributed by atoms with Crippen molar-refractivity contribution < 1.29 is 4.74 Å². The maximum atomic E-state index is 5.19. The largest absolute Gasteiger partial charge is 0.477 e. The molecule has 0 saturated heterocycles. The highest BCUT2D eigenvalue weighted by molar-refractivity contribution is 6.38. The molecule has 0 fully saturated rings. The van der Waals surface area contributed by atoms with Gasteiger partial charge in [0.05, 0.1) is 19.4 Å². The van der Waals surface area contributed by atoms with Gasteiger partial charge in [-0.15, -0.1) is 5.10 Å². The first-order valence-electron chi connectivity index (χ1n) is 5.17. The normalized spacial score (nSPS) is 16.1. The van der Waals surface area contributed by atoms with Gasteiger partial charge in [0, 0.05) is 13.1 Å². The number of likely N-dealkylation sites (N-methyl/N-ethyl adjacent to an activating group) is 1. The van der Waals surface area contributed by atoms with Crippen molar-refractivity contribution in [2.75, 3.05) is 26.7 Å². The van der Waals surface area contributed by atoms with Crippen molar-refractivity contribution in [3.05, 3.63) is 0 Å². The zero-order valence-corrected chi connectivity index (χ0v) is 9.82. The molecule has 0 saturated carbocycles. The number of nitrogens with zero attached hydrogens (tertiary/aromatic N) is 4. The summed E-state index contributed by atoms with van der Waals surface area (Å²) in [5.74, 6) is 1.29. The van der Waals surface area contributed by atoms with Gasteiger partial charge in [-0.2, -0.15) is 5.10 Å². The summed E-state index contributed by atoms with van der Waals surface area (Å²) in [4.78, 5) is 6.56. The van der Waals surface area contributed by atoms with Gasteiger partial charge < -0.3 is 9.64 Å². The molecule has 0 amide bonds. The van der Waals surface area contributed by atoms with E-state index in [2.05, 4.69) is 33.9 Å². The predicted molar refractivity (Wildman–Crippen MR) is 62.8 cm³/mol. The average Bonchev–Trinajstić information content (AvgIpc) is 2.43. The van der Waals surface area contributed by atoms with E-state index in [0.717, 1.165) is 24.6 Å². The molecule has 15 heavy (non-hydrogen) atoms. The summed E-state index contributed by atoms with van der Waals surface area (Å²) < 4.78 is 5.19. The van der Waals surface area contributed by atoms with Gasteiger partial charge in [-0.3, -0.25) is 4.99 Å². The van der Waals surface area contributed by atoms with Crippen LogP contribution in [0, 0.1) is 0 Å². The molecule has 0 aromatic rings. The maximum absolute atomic E-state index is 5.19. The summed E-state index contributed by atoms with van der Waals surface area (Å²) in [6.07, 6.45) is 0. The Hall–Kier alpha value is -1.39. The summed E-state index contributed by atoms with van der Waals surface area (Å²) >= 11 is 0. The van der Waals surface area contributed by atoms with E-state index in [-0.39, 0.29) is 0 Å². The summed E-state index contributed by atoms with van der Waals surface area (Å²) in [6, 6.07) is 0. The summed E-state index contributed by atoms with van der Waals surface area (Å²) in [5.41, 5.74) is 0.895. The molecule has 0 aromatic heterocycles. The molecule has 1 heterocycles.